The lowest BCUT2D eigenvalue weighted by Gasteiger charge is -2.15. The molecule has 16 heteroatoms. The number of carbonyl (C=O) groups is 1. The zero-order valence-electron chi connectivity index (χ0n) is 20.7. The van der Waals surface area contributed by atoms with Crippen LogP contribution in [0, 0.1) is 5.82 Å². The number of aliphatic hydroxyl groups excluding tert-OH is 1. The zero-order valence-corrected chi connectivity index (χ0v) is 22.2. The molecule has 0 aliphatic rings. The number of aromatic nitrogens is 6. The summed E-state index contributed by atoms with van der Waals surface area (Å²) in [4.78, 5) is 29.0. The van der Waals surface area contributed by atoms with Gasteiger partial charge in [-0.1, -0.05) is 29.3 Å². The molecule has 0 saturated carbocycles. The Balaban J connectivity index is 1.82. The molecule has 2 aromatic heterocycles. The van der Waals surface area contributed by atoms with Gasteiger partial charge in [-0.2, -0.15) is 13.2 Å². The number of nitrogens with zero attached hydrogens (tertiary/aromatic N) is 6. The first-order chi connectivity index (χ1) is 18.8. The van der Waals surface area contributed by atoms with Crippen molar-refractivity contribution < 1.29 is 32.2 Å². The van der Waals surface area contributed by atoms with Gasteiger partial charge in [-0.15, -0.1) is 10.2 Å². The quantitative estimate of drug-likeness (QED) is 0.235. The van der Waals surface area contributed by atoms with Crippen molar-refractivity contribution >= 4 is 29.2 Å². The van der Waals surface area contributed by atoms with Crippen LogP contribution in [0.2, 0.25) is 10.0 Å². The van der Waals surface area contributed by atoms with Gasteiger partial charge in [0.05, 0.1) is 11.6 Å². The van der Waals surface area contributed by atoms with Crippen molar-refractivity contribution in [1.29, 1.82) is 0 Å². The van der Waals surface area contributed by atoms with Crippen LogP contribution < -0.4 is 5.69 Å². The van der Waals surface area contributed by atoms with E-state index in [1.165, 1.54) is 43.3 Å². The highest BCUT2D eigenvalue weighted by Crippen LogP contribution is 2.28. The van der Waals surface area contributed by atoms with Crippen LogP contribution in [0.5, 0.6) is 0 Å². The van der Waals surface area contributed by atoms with E-state index in [1.807, 2.05) is 0 Å². The van der Waals surface area contributed by atoms with Crippen molar-refractivity contribution in [2.24, 2.45) is 0 Å². The summed E-state index contributed by atoms with van der Waals surface area (Å²) in [6, 6.07) is 9.68. The van der Waals surface area contributed by atoms with Crippen molar-refractivity contribution in [3.8, 4) is 17.1 Å². The Labute approximate surface area is 233 Å². The molecule has 0 saturated heterocycles. The predicted octanol–water partition coefficient (Wildman–Crippen LogP) is 4.33. The maximum Gasteiger partial charge on any atom is 0.416 e. The van der Waals surface area contributed by atoms with Gasteiger partial charge in [-0.3, -0.25) is 9.36 Å². The molecule has 212 valence electrons. The minimum absolute atomic E-state index is 0.0414. The molecule has 1 N–H and O–H groups in total. The summed E-state index contributed by atoms with van der Waals surface area (Å²) < 4.78 is 61.8. The monoisotopic (exact) mass is 602 g/mol. The summed E-state index contributed by atoms with van der Waals surface area (Å²) in [5.41, 5.74) is -0.969. The third-order valence-corrected chi connectivity index (χ3v) is 6.14. The van der Waals surface area contributed by atoms with E-state index in [1.54, 1.807) is 0 Å². The van der Waals surface area contributed by atoms with Crippen LogP contribution in [0.25, 0.3) is 17.1 Å². The maximum absolute atomic E-state index is 14.8. The number of aliphatic hydroxyl groups is 1. The number of esters is 1. The molecule has 0 radical (unpaired) electrons. The number of halogens is 6. The van der Waals surface area contributed by atoms with Crippen LogP contribution in [0.4, 0.5) is 17.6 Å². The highest BCUT2D eigenvalue weighted by Gasteiger charge is 2.39. The average molecular weight is 603 g/mol. The molecule has 2 aromatic carbocycles. The van der Waals surface area contributed by atoms with Gasteiger partial charge < -0.3 is 9.84 Å². The molecular formula is C24H20Cl2F4N6O4. The average Bonchev–Trinajstić information content (AvgIpc) is 3.40. The molecule has 2 atom stereocenters. The highest BCUT2D eigenvalue weighted by atomic mass is 35.5. The standard InChI is InChI=1S/C24H20Cl2F4N6O4/c1-12(40-13(2)37)21-31-19(32-36(21)20-16(26)4-3-5-17(20)27)11-35-23(39)34(10-18(38)24(28,29)30)22(33-35)14-6-8-15(25)9-7-14/h3-9,12,18,38H,10-11H2,1-2H3/t12-,18+/m1/s1. The Morgan fingerprint density at radius 1 is 1.12 bits per heavy atom. The van der Waals surface area contributed by atoms with Gasteiger partial charge in [0, 0.05) is 17.5 Å². The predicted molar refractivity (Wildman–Crippen MR) is 135 cm³/mol. The molecule has 0 amide bonds. The van der Waals surface area contributed by atoms with Crippen molar-refractivity contribution in [2.45, 2.75) is 45.3 Å². The lowest BCUT2D eigenvalue weighted by Crippen LogP contribution is -2.37. The molecule has 4 aromatic rings. The van der Waals surface area contributed by atoms with E-state index in [0.29, 0.717) is 9.59 Å². The summed E-state index contributed by atoms with van der Waals surface area (Å²) >= 11 is 12.1. The lowest BCUT2D eigenvalue weighted by atomic mass is 10.2. The van der Waals surface area contributed by atoms with E-state index in [2.05, 4.69) is 15.2 Å². The van der Waals surface area contributed by atoms with E-state index >= 15 is 0 Å². The number of benzene rings is 2. The number of rotatable bonds is 8. The number of para-hydroxylation sites is 1. The van der Waals surface area contributed by atoms with Crippen LogP contribution in [0.15, 0.2) is 47.3 Å². The first-order valence-corrected chi connectivity index (χ1v) is 12.3. The molecule has 0 spiro atoms. The second kappa shape index (κ2) is 11.4. The molecule has 40 heavy (non-hydrogen) atoms. The highest BCUT2D eigenvalue weighted by molar-refractivity contribution is 6.32. The van der Waals surface area contributed by atoms with Gasteiger partial charge in [-0.25, -0.2) is 23.5 Å². The zero-order chi connectivity index (χ0) is 29.4. The van der Waals surface area contributed by atoms with Gasteiger partial charge in [0.1, 0.15) is 18.0 Å². The van der Waals surface area contributed by atoms with Gasteiger partial charge in [-0.05, 0) is 43.3 Å². The van der Waals surface area contributed by atoms with Crippen molar-refractivity contribution in [2.75, 3.05) is 0 Å². The smallest absolute Gasteiger partial charge is 0.416 e. The van der Waals surface area contributed by atoms with Crippen molar-refractivity contribution in [1.82, 2.24) is 29.1 Å². The number of ether oxygens (including phenoxy) is 1. The van der Waals surface area contributed by atoms with Gasteiger partial charge in [0.15, 0.2) is 29.7 Å². The van der Waals surface area contributed by atoms with E-state index in [4.69, 9.17) is 27.9 Å². The lowest BCUT2D eigenvalue weighted by molar-refractivity contribution is -0.207. The molecular weight excluding hydrogens is 583 g/mol. The summed E-state index contributed by atoms with van der Waals surface area (Å²) in [5.74, 6) is -1.79. The Kier molecular flexibility index (Phi) is 8.33. The minimum atomic E-state index is -5.00. The summed E-state index contributed by atoms with van der Waals surface area (Å²) in [5, 5.41) is 18.3. The molecule has 4 rings (SSSR count). The minimum Gasteiger partial charge on any atom is -0.455 e. The van der Waals surface area contributed by atoms with Crippen molar-refractivity contribution in [3.63, 3.8) is 0 Å². The largest absolute Gasteiger partial charge is 0.455 e. The number of hydrogen-bond donors (Lipinski definition) is 1. The van der Waals surface area contributed by atoms with Crippen LogP contribution in [0.1, 0.15) is 31.6 Å². The van der Waals surface area contributed by atoms with Crippen molar-refractivity contribution in [3.05, 3.63) is 80.5 Å². The molecule has 0 fully saturated rings. The Morgan fingerprint density at radius 3 is 2.40 bits per heavy atom. The third-order valence-electron chi connectivity index (χ3n) is 5.58. The Bertz CT molecular complexity index is 1580. The summed E-state index contributed by atoms with van der Waals surface area (Å²) in [7, 11) is 0. The van der Waals surface area contributed by atoms with E-state index < -0.39 is 49.0 Å². The van der Waals surface area contributed by atoms with Gasteiger partial charge in [0.2, 0.25) is 0 Å². The summed E-state index contributed by atoms with van der Waals surface area (Å²) in [6.07, 6.45) is -8.89. The molecule has 2 heterocycles. The third kappa shape index (κ3) is 6.18. The molecule has 10 nitrogen and oxygen atoms in total. The SMILES string of the molecule is CC(=O)O[C@H](C)c1nc(Cn2nc(-c3ccc(Cl)cc3)n(C[C@H](O)C(F)(F)F)c2=O)nn1-c1c(F)cccc1Cl. The second-order valence-corrected chi connectivity index (χ2v) is 9.40. The molecule has 0 aliphatic heterocycles. The fourth-order valence-corrected chi connectivity index (χ4v) is 4.16. The maximum atomic E-state index is 14.8. The van der Waals surface area contributed by atoms with E-state index in [9.17, 15) is 32.3 Å². The normalized spacial score (nSPS) is 13.3. The van der Waals surface area contributed by atoms with Crippen LogP contribution in [-0.2, 0) is 22.6 Å². The topological polar surface area (TPSA) is 117 Å². The Morgan fingerprint density at radius 2 is 1.80 bits per heavy atom. The van der Waals surface area contributed by atoms with Crippen LogP contribution in [-0.4, -0.2) is 52.5 Å². The van der Waals surface area contributed by atoms with E-state index in [0.717, 1.165) is 22.4 Å². The summed E-state index contributed by atoms with van der Waals surface area (Å²) in [6.45, 7) is 1.00. The number of alkyl halides is 3. The van der Waals surface area contributed by atoms with Crippen LogP contribution >= 0.6 is 23.2 Å². The molecule has 0 aliphatic carbocycles. The van der Waals surface area contributed by atoms with Gasteiger partial charge in [0.25, 0.3) is 0 Å². The first-order valence-electron chi connectivity index (χ1n) is 11.5. The van der Waals surface area contributed by atoms with E-state index in [-0.39, 0.29) is 33.7 Å². The fourth-order valence-electron chi connectivity index (χ4n) is 3.79. The number of carbonyl (C=O) groups excluding carboxylic acids is 1. The van der Waals surface area contributed by atoms with Gasteiger partial charge >= 0.3 is 17.8 Å². The fraction of sp³-hybridized carbons (Fsp3) is 0.292. The Hall–Kier alpha value is -3.75. The molecule has 0 bridgehead atoms. The number of hydrogen-bond acceptors (Lipinski definition) is 7. The second-order valence-electron chi connectivity index (χ2n) is 8.56. The van der Waals surface area contributed by atoms with Crippen LogP contribution in [0.3, 0.4) is 0 Å². The molecule has 0 unspecified atom stereocenters. The first kappa shape index (κ1) is 29.2.